The molecular weight excluding hydrogens is 246 g/mol. The van der Waals surface area contributed by atoms with E-state index in [4.69, 9.17) is 4.74 Å². The lowest BCUT2D eigenvalue weighted by atomic mass is 9.86. The van der Waals surface area contributed by atoms with Crippen LogP contribution in [0.4, 0.5) is 0 Å². The van der Waals surface area contributed by atoms with Crippen LogP contribution in [0.25, 0.3) is 0 Å². The van der Waals surface area contributed by atoms with Crippen LogP contribution >= 0.6 is 0 Å². The third-order valence-corrected chi connectivity index (χ3v) is 4.80. The van der Waals surface area contributed by atoms with Crippen LogP contribution in [-0.4, -0.2) is 13.2 Å². The summed E-state index contributed by atoms with van der Waals surface area (Å²) in [5, 5.41) is 3.28. The predicted octanol–water partition coefficient (Wildman–Crippen LogP) is 4.62. The molecule has 0 spiro atoms. The van der Waals surface area contributed by atoms with Crippen LogP contribution in [0.15, 0.2) is 18.2 Å². The Balaban J connectivity index is 1.96. The van der Waals surface area contributed by atoms with Gasteiger partial charge in [0.25, 0.3) is 0 Å². The summed E-state index contributed by atoms with van der Waals surface area (Å²) in [4.78, 5) is 0. The second-order valence-electron chi connectivity index (χ2n) is 6.20. The molecule has 1 fully saturated rings. The minimum absolute atomic E-state index is 0.391. The van der Waals surface area contributed by atoms with Crippen molar-refractivity contribution in [2.24, 2.45) is 5.92 Å². The Morgan fingerprint density at radius 2 is 1.95 bits per heavy atom. The maximum absolute atomic E-state index is 6.23. The number of hydrogen-bond donors (Lipinski definition) is 1. The Kier molecular flexibility index (Phi) is 5.47. The minimum Gasteiger partial charge on any atom is -0.490 e. The van der Waals surface area contributed by atoms with Crippen molar-refractivity contribution in [2.75, 3.05) is 7.05 Å². The normalized spacial score (nSPS) is 24.4. The van der Waals surface area contributed by atoms with E-state index in [0.29, 0.717) is 12.1 Å². The van der Waals surface area contributed by atoms with Crippen molar-refractivity contribution in [3.63, 3.8) is 0 Å². The summed E-state index contributed by atoms with van der Waals surface area (Å²) in [6.07, 6.45) is 6.83. The molecule has 2 heteroatoms. The van der Waals surface area contributed by atoms with Crippen molar-refractivity contribution in [1.29, 1.82) is 0 Å². The van der Waals surface area contributed by atoms with Gasteiger partial charge in [-0.2, -0.15) is 0 Å². The van der Waals surface area contributed by atoms with Crippen molar-refractivity contribution in [3.8, 4) is 5.75 Å². The van der Waals surface area contributed by atoms with E-state index in [-0.39, 0.29) is 0 Å². The SMILES string of the molecule is CCC1CCC(Oc2ccc(C(C)NC)cc2C)CC1. The van der Waals surface area contributed by atoms with Crippen LogP contribution in [0.5, 0.6) is 5.75 Å². The van der Waals surface area contributed by atoms with Gasteiger partial charge in [0.1, 0.15) is 5.75 Å². The number of nitrogens with one attached hydrogen (secondary N) is 1. The Labute approximate surface area is 123 Å². The van der Waals surface area contributed by atoms with Crippen molar-refractivity contribution in [2.45, 2.75) is 65.0 Å². The largest absolute Gasteiger partial charge is 0.490 e. The zero-order valence-corrected chi connectivity index (χ0v) is 13.4. The maximum Gasteiger partial charge on any atom is 0.122 e. The summed E-state index contributed by atoms with van der Waals surface area (Å²) in [5.74, 6) is 1.99. The molecule has 1 unspecified atom stereocenters. The molecule has 0 aliphatic heterocycles. The molecule has 0 radical (unpaired) electrons. The van der Waals surface area contributed by atoms with Gasteiger partial charge < -0.3 is 10.1 Å². The number of ether oxygens (including phenoxy) is 1. The van der Waals surface area contributed by atoms with Crippen LogP contribution in [0, 0.1) is 12.8 Å². The van der Waals surface area contributed by atoms with E-state index in [1.54, 1.807) is 0 Å². The van der Waals surface area contributed by atoms with Crippen LogP contribution in [-0.2, 0) is 0 Å². The Morgan fingerprint density at radius 1 is 1.25 bits per heavy atom. The predicted molar refractivity (Wildman–Crippen MR) is 85.3 cm³/mol. The van der Waals surface area contributed by atoms with Gasteiger partial charge in [0.05, 0.1) is 6.10 Å². The Morgan fingerprint density at radius 3 is 2.50 bits per heavy atom. The third kappa shape index (κ3) is 3.76. The van der Waals surface area contributed by atoms with Gasteiger partial charge in [-0.3, -0.25) is 0 Å². The van der Waals surface area contributed by atoms with Crippen LogP contribution in [0.2, 0.25) is 0 Å². The zero-order chi connectivity index (χ0) is 14.5. The molecule has 1 saturated carbocycles. The van der Waals surface area contributed by atoms with Crippen molar-refractivity contribution in [3.05, 3.63) is 29.3 Å². The molecular formula is C18H29NO. The van der Waals surface area contributed by atoms with Gasteiger partial charge >= 0.3 is 0 Å². The maximum atomic E-state index is 6.23. The van der Waals surface area contributed by atoms with E-state index < -0.39 is 0 Å². The second-order valence-corrected chi connectivity index (χ2v) is 6.20. The molecule has 112 valence electrons. The molecule has 1 N–H and O–H groups in total. The third-order valence-electron chi connectivity index (χ3n) is 4.80. The van der Waals surface area contributed by atoms with Gasteiger partial charge in [-0.05, 0) is 69.7 Å². The molecule has 0 heterocycles. The first-order chi connectivity index (χ1) is 9.63. The summed E-state index contributed by atoms with van der Waals surface area (Å²) < 4.78 is 6.23. The number of benzene rings is 1. The molecule has 0 aromatic heterocycles. The van der Waals surface area contributed by atoms with Crippen molar-refractivity contribution < 1.29 is 4.74 Å². The smallest absolute Gasteiger partial charge is 0.122 e. The molecule has 20 heavy (non-hydrogen) atoms. The van der Waals surface area contributed by atoms with Gasteiger partial charge in [-0.25, -0.2) is 0 Å². The minimum atomic E-state index is 0.391. The molecule has 1 aromatic carbocycles. The van der Waals surface area contributed by atoms with Crippen molar-refractivity contribution in [1.82, 2.24) is 5.32 Å². The van der Waals surface area contributed by atoms with Crippen molar-refractivity contribution >= 4 is 0 Å². The first-order valence-electron chi connectivity index (χ1n) is 8.08. The lowest BCUT2D eigenvalue weighted by Gasteiger charge is -2.29. The number of hydrogen-bond acceptors (Lipinski definition) is 2. The first-order valence-corrected chi connectivity index (χ1v) is 8.08. The van der Waals surface area contributed by atoms with E-state index in [2.05, 4.69) is 44.3 Å². The zero-order valence-electron chi connectivity index (χ0n) is 13.4. The molecule has 2 rings (SSSR count). The average Bonchev–Trinajstić information content (AvgIpc) is 2.49. The second kappa shape index (κ2) is 7.12. The van der Waals surface area contributed by atoms with E-state index in [1.807, 2.05) is 7.05 Å². The van der Waals surface area contributed by atoms with Gasteiger partial charge in [0.2, 0.25) is 0 Å². The summed E-state index contributed by atoms with van der Waals surface area (Å²) in [6.45, 7) is 6.64. The molecule has 0 saturated heterocycles. The van der Waals surface area contributed by atoms with Crippen LogP contribution in [0.3, 0.4) is 0 Å². The highest BCUT2D eigenvalue weighted by atomic mass is 16.5. The number of rotatable bonds is 5. The lowest BCUT2D eigenvalue weighted by molar-refractivity contribution is 0.129. The van der Waals surface area contributed by atoms with Gasteiger partial charge in [0, 0.05) is 6.04 Å². The monoisotopic (exact) mass is 275 g/mol. The number of aryl methyl sites for hydroxylation is 1. The fourth-order valence-electron chi connectivity index (χ4n) is 3.08. The van der Waals surface area contributed by atoms with Crippen LogP contribution in [0.1, 0.15) is 63.1 Å². The van der Waals surface area contributed by atoms with Gasteiger partial charge in [-0.15, -0.1) is 0 Å². The summed E-state index contributed by atoms with van der Waals surface area (Å²) in [5.41, 5.74) is 2.58. The highest BCUT2D eigenvalue weighted by molar-refractivity contribution is 5.37. The van der Waals surface area contributed by atoms with E-state index in [9.17, 15) is 0 Å². The van der Waals surface area contributed by atoms with E-state index in [0.717, 1.165) is 11.7 Å². The first kappa shape index (κ1) is 15.4. The lowest BCUT2D eigenvalue weighted by Crippen LogP contribution is -2.24. The van der Waals surface area contributed by atoms with Gasteiger partial charge in [0.15, 0.2) is 0 Å². The highest BCUT2D eigenvalue weighted by Crippen LogP contribution is 2.31. The fourth-order valence-corrected chi connectivity index (χ4v) is 3.08. The molecule has 0 amide bonds. The molecule has 1 aliphatic carbocycles. The summed E-state index contributed by atoms with van der Waals surface area (Å²) in [7, 11) is 2.00. The topological polar surface area (TPSA) is 21.3 Å². The molecule has 1 atom stereocenters. The fraction of sp³-hybridized carbons (Fsp3) is 0.667. The highest BCUT2D eigenvalue weighted by Gasteiger charge is 2.21. The quantitative estimate of drug-likeness (QED) is 0.846. The Bertz CT molecular complexity index is 421. The van der Waals surface area contributed by atoms with Crippen LogP contribution < -0.4 is 10.1 Å². The molecule has 1 aromatic rings. The summed E-state index contributed by atoms with van der Waals surface area (Å²) in [6, 6.07) is 6.96. The van der Waals surface area contributed by atoms with Gasteiger partial charge in [-0.1, -0.05) is 25.5 Å². The standard InChI is InChI=1S/C18H29NO/c1-5-15-6-9-17(10-7-15)20-18-11-8-16(12-13(18)2)14(3)19-4/h8,11-12,14-15,17,19H,5-7,9-10H2,1-4H3. The van der Waals surface area contributed by atoms with E-state index in [1.165, 1.54) is 43.2 Å². The van der Waals surface area contributed by atoms with E-state index >= 15 is 0 Å². The molecule has 1 aliphatic rings. The average molecular weight is 275 g/mol. The Hall–Kier alpha value is -1.02. The molecule has 2 nitrogen and oxygen atoms in total. The summed E-state index contributed by atoms with van der Waals surface area (Å²) >= 11 is 0. The molecule has 0 bridgehead atoms.